The molecule has 4 nitrogen and oxygen atoms in total. The van der Waals surface area contributed by atoms with E-state index in [9.17, 15) is 8.78 Å². The second-order valence-electron chi connectivity index (χ2n) is 5.66. The molecule has 2 rings (SSSR count). The molecule has 0 spiro atoms. The van der Waals surface area contributed by atoms with Gasteiger partial charge in [-0.2, -0.15) is 8.78 Å². The van der Waals surface area contributed by atoms with Crippen LogP contribution in [0, 0.1) is 0 Å². The predicted octanol–water partition coefficient (Wildman–Crippen LogP) is 4.63. The Labute approximate surface area is 132 Å². The van der Waals surface area contributed by atoms with E-state index < -0.39 is 6.61 Å². The van der Waals surface area contributed by atoms with Gasteiger partial charge < -0.3 is 14.8 Å². The average molecular weight is 328 g/mol. The van der Waals surface area contributed by atoms with E-state index in [0.29, 0.717) is 0 Å². The van der Waals surface area contributed by atoms with Crippen LogP contribution in [0.2, 0.25) is 0 Å². The highest BCUT2D eigenvalue weighted by molar-refractivity contribution is 7.14. The number of aromatic nitrogens is 1. The van der Waals surface area contributed by atoms with Gasteiger partial charge in [-0.05, 0) is 39.0 Å². The van der Waals surface area contributed by atoms with Gasteiger partial charge in [0, 0.05) is 16.5 Å². The van der Waals surface area contributed by atoms with E-state index in [-0.39, 0.29) is 17.0 Å². The molecule has 0 amide bonds. The Bertz CT molecular complexity index is 639. The summed E-state index contributed by atoms with van der Waals surface area (Å²) >= 11 is 1.49. The molecule has 1 N–H and O–H groups in total. The number of benzene rings is 1. The van der Waals surface area contributed by atoms with Crippen LogP contribution in [-0.2, 0) is 0 Å². The SMILES string of the molecule is COc1cc(-c2csc(NC(C)(C)C)n2)ccc1OC(F)F. The first kappa shape index (κ1) is 16.5. The molecule has 0 aliphatic rings. The van der Waals surface area contributed by atoms with Crippen LogP contribution < -0.4 is 14.8 Å². The van der Waals surface area contributed by atoms with Crippen LogP contribution in [0.15, 0.2) is 23.6 Å². The Morgan fingerprint density at radius 3 is 2.55 bits per heavy atom. The minimum atomic E-state index is -2.89. The maximum absolute atomic E-state index is 12.3. The van der Waals surface area contributed by atoms with Crippen LogP contribution in [0.3, 0.4) is 0 Å². The molecule has 0 saturated heterocycles. The number of hydrogen-bond acceptors (Lipinski definition) is 5. The van der Waals surface area contributed by atoms with Crippen molar-refractivity contribution in [3.05, 3.63) is 23.6 Å². The minimum absolute atomic E-state index is 0.00418. The van der Waals surface area contributed by atoms with E-state index in [0.717, 1.165) is 16.4 Å². The summed E-state index contributed by atoms with van der Waals surface area (Å²) in [6, 6.07) is 4.76. The zero-order chi connectivity index (χ0) is 16.3. The van der Waals surface area contributed by atoms with Crippen LogP contribution in [-0.4, -0.2) is 24.2 Å². The number of hydrogen-bond donors (Lipinski definition) is 1. The van der Waals surface area contributed by atoms with E-state index in [1.54, 1.807) is 12.1 Å². The molecule has 1 heterocycles. The molecule has 1 aromatic carbocycles. The summed E-state index contributed by atoms with van der Waals surface area (Å²) in [5.74, 6) is 0.251. The van der Waals surface area contributed by atoms with Crippen molar-refractivity contribution >= 4 is 16.5 Å². The smallest absolute Gasteiger partial charge is 0.387 e. The van der Waals surface area contributed by atoms with Crippen LogP contribution >= 0.6 is 11.3 Å². The third-order valence-electron chi connectivity index (χ3n) is 2.66. The molecular formula is C15H18F2N2O2S. The zero-order valence-corrected chi connectivity index (χ0v) is 13.6. The van der Waals surface area contributed by atoms with E-state index in [1.165, 1.54) is 24.5 Å². The van der Waals surface area contributed by atoms with E-state index in [1.807, 2.05) is 26.2 Å². The fourth-order valence-corrected chi connectivity index (χ4v) is 2.73. The highest BCUT2D eigenvalue weighted by Gasteiger charge is 2.15. The third-order valence-corrected chi connectivity index (χ3v) is 3.42. The van der Waals surface area contributed by atoms with Gasteiger partial charge in [0.1, 0.15) is 0 Å². The first-order chi connectivity index (χ1) is 10.3. The number of rotatable bonds is 5. The topological polar surface area (TPSA) is 43.4 Å². The van der Waals surface area contributed by atoms with Crippen molar-refractivity contribution in [2.75, 3.05) is 12.4 Å². The standard InChI is InChI=1S/C15H18F2N2O2S/c1-15(2,3)19-14-18-10(8-22-14)9-5-6-11(21-13(16)17)12(7-9)20-4/h5-8,13H,1-4H3,(H,18,19). The van der Waals surface area contributed by atoms with Gasteiger partial charge in [-0.25, -0.2) is 4.98 Å². The summed E-state index contributed by atoms with van der Waals surface area (Å²) in [7, 11) is 1.41. The normalized spacial score (nSPS) is 11.6. The molecule has 0 saturated carbocycles. The second kappa shape index (κ2) is 6.48. The molecule has 0 fully saturated rings. The van der Waals surface area contributed by atoms with Crippen molar-refractivity contribution in [1.82, 2.24) is 4.98 Å². The molecule has 0 aliphatic heterocycles. The van der Waals surface area contributed by atoms with Crippen molar-refractivity contribution < 1.29 is 18.3 Å². The number of nitrogens with zero attached hydrogens (tertiary/aromatic N) is 1. The molecule has 2 aromatic rings. The molecular weight excluding hydrogens is 310 g/mol. The fraction of sp³-hybridized carbons (Fsp3) is 0.400. The maximum atomic E-state index is 12.3. The van der Waals surface area contributed by atoms with Gasteiger partial charge in [0.25, 0.3) is 0 Å². The van der Waals surface area contributed by atoms with Crippen molar-refractivity contribution in [1.29, 1.82) is 0 Å². The van der Waals surface area contributed by atoms with Crippen LogP contribution in [0.1, 0.15) is 20.8 Å². The van der Waals surface area contributed by atoms with Gasteiger partial charge in [-0.1, -0.05) is 0 Å². The van der Waals surface area contributed by atoms with Crippen molar-refractivity contribution in [3.8, 4) is 22.8 Å². The molecule has 0 radical (unpaired) electrons. The Balaban J connectivity index is 2.26. The van der Waals surface area contributed by atoms with Gasteiger partial charge >= 0.3 is 6.61 Å². The minimum Gasteiger partial charge on any atom is -0.493 e. The zero-order valence-electron chi connectivity index (χ0n) is 12.8. The van der Waals surface area contributed by atoms with Crippen LogP contribution in [0.25, 0.3) is 11.3 Å². The molecule has 0 bridgehead atoms. The van der Waals surface area contributed by atoms with Gasteiger partial charge in [-0.15, -0.1) is 11.3 Å². The molecule has 22 heavy (non-hydrogen) atoms. The first-order valence-corrected chi connectivity index (χ1v) is 7.53. The van der Waals surface area contributed by atoms with Crippen LogP contribution in [0.4, 0.5) is 13.9 Å². The molecule has 0 unspecified atom stereocenters. The maximum Gasteiger partial charge on any atom is 0.387 e. The molecule has 7 heteroatoms. The van der Waals surface area contributed by atoms with Gasteiger partial charge in [0.05, 0.1) is 12.8 Å². The predicted molar refractivity (Wildman–Crippen MR) is 84.1 cm³/mol. The molecule has 0 atom stereocenters. The lowest BCUT2D eigenvalue weighted by Crippen LogP contribution is -2.25. The monoisotopic (exact) mass is 328 g/mol. The van der Waals surface area contributed by atoms with E-state index in [4.69, 9.17) is 4.74 Å². The van der Waals surface area contributed by atoms with Crippen LogP contribution in [0.5, 0.6) is 11.5 Å². The summed E-state index contributed by atoms with van der Waals surface area (Å²) in [6.45, 7) is 3.26. The Kier molecular flexibility index (Phi) is 4.85. The number of methoxy groups -OCH3 is 1. The Hall–Kier alpha value is -1.89. The second-order valence-corrected chi connectivity index (χ2v) is 6.52. The largest absolute Gasteiger partial charge is 0.493 e. The summed E-state index contributed by atoms with van der Waals surface area (Å²) in [5, 5.41) is 5.99. The summed E-state index contributed by atoms with van der Waals surface area (Å²) in [6.07, 6.45) is 0. The number of alkyl halides is 2. The Morgan fingerprint density at radius 1 is 1.23 bits per heavy atom. The third kappa shape index (κ3) is 4.30. The molecule has 0 aliphatic carbocycles. The number of thiazole rings is 1. The number of anilines is 1. The average Bonchev–Trinajstić information content (AvgIpc) is 2.84. The van der Waals surface area contributed by atoms with E-state index in [2.05, 4.69) is 15.0 Å². The lowest BCUT2D eigenvalue weighted by Gasteiger charge is -2.19. The quantitative estimate of drug-likeness (QED) is 0.869. The summed E-state index contributed by atoms with van der Waals surface area (Å²) in [4.78, 5) is 4.49. The summed E-state index contributed by atoms with van der Waals surface area (Å²) in [5.41, 5.74) is 1.44. The number of halogens is 2. The van der Waals surface area contributed by atoms with Gasteiger partial charge in [-0.3, -0.25) is 0 Å². The highest BCUT2D eigenvalue weighted by Crippen LogP contribution is 2.34. The highest BCUT2D eigenvalue weighted by atomic mass is 32.1. The lowest BCUT2D eigenvalue weighted by atomic mass is 10.1. The fourth-order valence-electron chi connectivity index (χ4n) is 1.80. The van der Waals surface area contributed by atoms with Crippen molar-refractivity contribution in [2.45, 2.75) is 32.9 Å². The number of ether oxygens (including phenoxy) is 2. The molecule has 120 valence electrons. The molecule has 1 aromatic heterocycles. The van der Waals surface area contributed by atoms with Gasteiger partial charge in [0.15, 0.2) is 16.6 Å². The number of nitrogens with one attached hydrogen (secondary N) is 1. The first-order valence-electron chi connectivity index (χ1n) is 6.65. The Morgan fingerprint density at radius 2 is 1.95 bits per heavy atom. The van der Waals surface area contributed by atoms with Crippen molar-refractivity contribution in [3.63, 3.8) is 0 Å². The van der Waals surface area contributed by atoms with Gasteiger partial charge in [0.2, 0.25) is 0 Å². The van der Waals surface area contributed by atoms with E-state index >= 15 is 0 Å². The lowest BCUT2D eigenvalue weighted by molar-refractivity contribution is -0.0512. The summed E-state index contributed by atoms with van der Waals surface area (Å²) < 4.78 is 34.2. The van der Waals surface area contributed by atoms with Crippen molar-refractivity contribution in [2.24, 2.45) is 0 Å².